The molecule has 16 heavy (non-hydrogen) atoms. The van der Waals surface area contributed by atoms with Crippen LogP contribution in [0, 0.1) is 0 Å². The summed E-state index contributed by atoms with van der Waals surface area (Å²) >= 11 is 1.20. The molecule has 0 atom stereocenters. The van der Waals surface area contributed by atoms with Gasteiger partial charge in [0.25, 0.3) is 0 Å². The number of nitrogens with zero attached hydrogens (tertiary/aromatic N) is 1. The molecule has 1 heterocycles. The van der Waals surface area contributed by atoms with E-state index in [1.54, 1.807) is 19.1 Å². The molecule has 0 amide bonds. The van der Waals surface area contributed by atoms with E-state index in [0.29, 0.717) is 10.8 Å². The molecule has 4 N–H and O–H groups in total. The van der Waals surface area contributed by atoms with E-state index in [9.17, 15) is 8.42 Å². The molecule has 0 fully saturated rings. The largest absolute Gasteiger partial charge is 0.370 e. The predicted octanol–water partition coefficient (Wildman–Crippen LogP) is 0.933. The molecule has 92 valence electrons. The van der Waals surface area contributed by atoms with Gasteiger partial charge in [-0.2, -0.15) is 0 Å². The van der Waals surface area contributed by atoms with Crippen LogP contribution in [0.25, 0.3) is 0 Å². The van der Waals surface area contributed by atoms with Gasteiger partial charge >= 0.3 is 0 Å². The Morgan fingerprint density at radius 1 is 1.44 bits per heavy atom. The van der Waals surface area contributed by atoms with E-state index in [4.69, 9.17) is 11.5 Å². The van der Waals surface area contributed by atoms with Gasteiger partial charge in [0.05, 0.1) is 12.3 Å². The Labute approximate surface area is 116 Å². The molecule has 0 aliphatic rings. The SMILES string of the molecule is CCS(=O)(=O)c1ccc(CN=C(N)N)s1.I. The second-order valence-electron chi connectivity index (χ2n) is 2.87. The lowest BCUT2D eigenvalue weighted by Crippen LogP contribution is -2.22. The molecule has 1 aromatic rings. The normalized spacial score (nSPS) is 10.6. The summed E-state index contributed by atoms with van der Waals surface area (Å²) < 4.78 is 23.3. The van der Waals surface area contributed by atoms with Gasteiger partial charge in [0.2, 0.25) is 0 Å². The van der Waals surface area contributed by atoms with Gasteiger partial charge in [0.15, 0.2) is 15.8 Å². The molecule has 8 heteroatoms. The zero-order chi connectivity index (χ0) is 11.5. The molecule has 1 aromatic heterocycles. The minimum atomic E-state index is -3.11. The molecule has 0 aliphatic heterocycles. The van der Waals surface area contributed by atoms with E-state index in [1.165, 1.54) is 11.3 Å². The van der Waals surface area contributed by atoms with Gasteiger partial charge in [0.1, 0.15) is 4.21 Å². The quantitative estimate of drug-likeness (QED) is 0.465. The lowest BCUT2D eigenvalue weighted by Gasteiger charge is -1.94. The summed E-state index contributed by atoms with van der Waals surface area (Å²) in [4.78, 5) is 4.63. The van der Waals surface area contributed by atoms with Crippen LogP contribution in [0.2, 0.25) is 0 Å². The Balaban J connectivity index is 0.00000225. The minimum absolute atomic E-state index is 0. The first-order valence-electron chi connectivity index (χ1n) is 4.32. The second kappa shape index (κ2) is 6.40. The van der Waals surface area contributed by atoms with Crippen LogP contribution >= 0.6 is 35.3 Å². The van der Waals surface area contributed by atoms with E-state index in [2.05, 4.69) is 4.99 Å². The molecular formula is C8H14IN3O2S2. The molecule has 0 spiro atoms. The highest BCUT2D eigenvalue weighted by Crippen LogP contribution is 2.23. The van der Waals surface area contributed by atoms with Crippen LogP contribution in [-0.4, -0.2) is 20.1 Å². The smallest absolute Gasteiger partial charge is 0.187 e. The Kier molecular flexibility index (Phi) is 6.26. The predicted molar refractivity (Wildman–Crippen MR) is 77.0 cm³/mol. The number of guanidine groups is 1. The highest BCUT2D eigenvalue weighted by Gasteiger charge is 2.13. The molecule has 0 unspecified atom stereocenters. The number of hydrogen-bond acceptors (Lipinski definition) is 4. The molecular weight excluding hydrogens is 361 g/mol. The van der Waals surface area contributed by atoms with Crippen molar-refractivity contribution in [2.75, 3.05) is 5.75 Å². The number of thiophene rings is 1. The highest BCUT2D eigenvalue weighted by molar-refractivity contribution is 14.0. The second-order valence-corrected chi connectivity index (χ2v) is 6.54. The third-order valence-corrected chi connectivity index (χ3v) is 5.13. The maximum absolute atomic E-state index is 11.5. The molecule has 0 bridgehead atoms. The fraction of sp³-hybridized carbons (Fsp3) is 0.375. The topological polar surface area (TPSA) is 98.5 Å². The van der Waals surface area contributed by atoms with Crippen molar-refractivity contribution in [3.8, 4) is 0 Å². The van der Waals surface area contributed by atoms with Crippen LogP contribution in [0.3, 0.4) is 0 Å². The van der Waals surface area contributed by atoms with Crippen LogP contribution in [-0.2, 0) is 16.4 Å². The van der Waals surface area contributed by atoms with E-state index in [0.717, 1.165) is 4.88 Å². The number of hydrogen-bond donors (Lipinski definition) is 2. The van der Waals surface area contributed by atoms with Crippen molar-refractivity contribution in [2.45, 2.75) is 17.7 Å². The Bertz CT molecular complexity index is 463. The monoisotopic (exact) mass is 375 g/mol. The van der Waals surface area contributed by atoms with Crippen molar-refractivity contribution < 1.29 is 8.42 Å². The average molecular weight is 375 g/mol. The summed E-state index contributed by atoms with van der Waals surface area (Å²) in [6.07, 6.45) is 0. The van der Waals surface area contributed by atoms with Gasteiger partial charge < -0.3 is 11.5 Å². The summed E-state index contributed by atoms with van der Waals surface area (Å²) in [6.45, 7) is 1.94. The number of aliphatic imine (C=N–C) groups is 1. The van der Waals surface area contributed by atoms with Gasteiger partial charge in [-0.05, 0) is 12.1 Å². The van der Waals surface area contributed by atoms with E-state index < -0.39 is 9.84 Å². The fourth-order valence-electron chi connectivity index (χ4n) is 0.922. The summed E-state index contributed by atoms with van der Waals surface area (Å²) in [7, 11) is -3.11. The van der Waals surface area contributed by atoms with Crippen molar-refractivity contribution in [3.05, 3.63) is 17.0 Å². The van der Waals surface area contributed by atoms with Crippen LogP contribution in [0.5, 0.6) is 0 Å². The van der Waals surface area contributed by atoms with Crippen LogP contribution in [0.15, 0.2) is 21.3 Å². The maximum atomic E-state index is 11.5. The molecule has 1 rings (SSSR count). The van der Waals surface area contributed by atoms with E-state index >= 15 is 0 Å². The Morgan fingerprint density at radius 3 is 2.56 bits per heavy atom. The van der Waals surface area contributed by atoms with Crippen molar-refractivity contribution in [1.29, 1.82) is 0 Å². The van der Waals surface area contributed by atoms with Gasteiger partial charge in [-0.3, -0.25) is 0 Å². The summed E-state index contributed by atoms with van der Waals surface area (Å²) in [6, 6.07) is 3.31. The number of sulfone groups is 1. The minimum Gasteiger partial charge on any atom is -0.370 e. The van der Waals surface area contributed by atoms with E-state index in [-0.39, 0.29) is 35.7 Å². The Morgan fingerprint density at radius 2 is 2.06 bits per heavy atom. The standard InChI is InChI=1S/C8H13N3O2S2.HI/c1-2-15(12,13)7-4-3-6(14-7)5-11-8(9)10;/h3-4H,2,5H2,1H3,(H4,9,10,11);1H. The Hall–Kier alpha value is -0.350. The molecule has 0 aromatic carbocycles. The summed E-state index contributed by atoms with van der Waals surface area (Å²) in [5.41, 5.74) is 10.3. The molecule has 0 saturated carbocycles. The van der Waals surface area contributed by atoms with Crippen LogP contribution in [0.1, 0.15) is 11.8 Å². The van der Waals surface area contributed by atoms with Crippen LogP contribution in [0.4, 0.5) is 0 Å². The first kappa shape index (κ1) is 15.7. The highest BCUT2D eigenvalue weighted by atomic mass is 127. The van der Waals surface area contributed by atoms with Gasteiger partial charge in [-0.15, -0.1) is 35.3 Å². The van der Waals surface area contributed by atoms with Gasteiger partial charge in [0, 0.05) is 4.88 Å². The zero-order valence-corrected chi connectivity index (χ0v) is 12.7. The summed E-state index contributed by atoms with van der Waals surface area (Å²) in [5.74, 6) is 0.109. The summed E-state index contributed by atoms with van der Waals surface area (Å²) in [5, 5.41) is 0. The average Bonchev–Trinajstić information content (AvgIpc) is 2.63. The van der Waals surface area contributed by atoms with Crippen LogP contribution < -0.4 is 11.5 Å². The molecule has 0 aliphatic carbocycles. The van der Waals surface area contributed by atoms with Gasteiger partial charge in [-0.25, -0.2) is 13.4 Å². The lowest BCUT2D eigenvalue weighted by molar-refractivity contribution is 0.599. The van der Waals surface area contributed by atoms with Crippen molar-refractivity contribution in [1.82, 2.24) is 0 Å². The third-order valence-electron chi connectivity index (χ3n) is 1.74. The molecule has 5 nitrogen and oxygen atoms in total. The fourth-order valence-corrected chi connectivity index (χ4v) is 3.32. The molecule has 0 saturated heterocycles. The van der Waals surface area contributed by atoms with Crippen molar-refractivity contribution in [3.63, 3.8) is 0 Å². The first-order chi connectivity index (χ1) is 6.95. The first-order valence-corrected chi connectivity index (χ1v) is 6.79. The molecule has 0 radical (unpaired) electrons. The lowest BCUT2D eigenvalue weighted by atomic mass is 10.5. The third kappa shape index (κ3) is 4.26. The number of nitrogens with two attached hydrogens (primary N) is 2. The maximum Gasteiger partial charge on any atom is 0.187 e. The number of halogens is 1. The zero-order valence-electron chi connectivity index (χ0n) is 8.71. The van der Waals surface area contributed by atoms with Gasteiger partial charge in [-0.1, -0.05) is 6.92 Å². The number of rotatable bonds is 4. The van der Waals surface area contributed by atoms with Crippen molar-refractivity contribution >= 4 is 51.1 Å². The van der Waals surface area contributed by atoms with Crippen molar-refractivity contribution in [2.24, 2.45) is 16.5 Å². The van der Waals surface area contributed by atoms with E-state index in [1.807, 2.05) is 0 Å².